The predicted octanol–water partition coefficient (Wildman–Crippen LogP) is 4.06. The number of carbonyl (C=O) groups excluding carboxylic acids is 1. The number of nitrogens with one attached hydrogen (secondary N) is 1. The Hall–Kier alpha value is -2.60. The molecule has 1 fully saturated rings. The van der Waals surface area contributed by atoms with Gasteiger partial charge in [-0.15, -0.1) is 0 Å². The Morgan fingerprint density at radius 2 is 2.13 bits per heavy atom. The lowest BCUT2D eigenvalue weighted by Gasteiger charge is -2.35. The van der Waals surface area contributed by atoms with Crippen molar-refractivity contribution in [3.05, 3.63) is 51.9 Å². The summed E-state index contributed by atoms with van der Waals surface area (Å²) in [6.45, 7) is 12.7. The van der Waals surface area contributed by atoms with Gasteiger partial charge < -0.3 is 19.2 Å². The Morgan fingerprint density at radius 1 is 1.37 bits per heavy atom. The molecule has 1 N–H and O–H groups in total. The van der Waals surface area contributed by atoms with Crippen molar-refractivity contribution in [3.63, 3.8) is 0 Å². The van der Waals surface area contributed by atoms with E-state index in [-0.39, 0.29) is 24.0 Å². The van der Waals surface area contributed by atoms with Crippen molar-refractivity contribution >= 4 is 16.9 Å². The quantitative estimate of drug-likeness (QED) is 0.547. The minimum atomic E-state index is -0.406. The molecular weight excluding hydrogens is 382 g/mol. The monoisotopic (exact) mass is 413 g/mol. The number of benzene rings is 1. The summed E-state index contributed by atoms with van der Waals surface area (Å²) in [7, 11) is 0. The molecule has 1 aliphatic rings. The van der Waals surface area contributed by atoms with E-state index < -0.39 is 5.63 Å². The predicted molar refractivity (Wildman–Crippen MR) is 117 cm³/mol. The zero-order chi connectivity index (χ0) is 21.9. The fraction of sp³-hybridized carbons (Fsp3) is 0.500. The van der Waals surface area contributed by atoms with Gasteiger partial charge in [0.25, 0.3) is 0 Å². The molecule has 1 saturated heterocycles. The highest BCUT2D eigenvalue weighted by Crippen LogP contribution is 2.26. The summed E-state index contributed by atoms with van der Waals surface area (Å²) < 4.78 is 16.8. The summed E-state index contributed by atoms with van der Waals surface area (Å²) in [5.74, 6) is 0.569. The average molecular weight is 414 g/mol. The lowest BCUT2D eigenvalue weighted by atomic mass is 9.93. The average Bonchev–Trinajstić information content (AvgIpc) is 2.65. The van der Waals surface area contributed by atoms with Crippen molar-refractivity contribution in [1.82, 2.24) is 5.32 Å². The maximum absolute atomic E-state index is 12.5. The molecule has 0 radical (unpaired) electrons. The number of amides is 1. The van der Waals surface area contributed by atoms with Gasteiger partial charge in [-0.05, 0) is 70.2 Å². The van der Waals surface area contributed by atoms with Crippen LogP contribution in [-0.4, -0.2) is 30.8 Å². The van der Waals surface area contributed by atoms with Gasteiger partial charge in [-0.25, -0.2) is 4.79 Å². The third-order valence-corrected chi connectivity index (χ3v) is 5.41. The first-order chi connectivity index (χ1) is 14.1. The van der Waals surface area contributed by atoms with Gasteiger partial charge in [0.2, 0.25) is 5.91 Å². The van der Waals surface area contributed by atoms with Gasteiger partial charge in [-0.3, -0.25) is 4.79 Å². The largest absolute Gasteiger partial charge is 0.489 e. The number of aryl methyl sites for hydroxylation is 1. The highest BCUT2D eigenvalue weighted by molar-refractivity contribution is 5.82. The lowest BCUT2D eigenvalue weighted by Crippen LogP contribution is -2.45. The van der Waals surface area contributed by atoms with Crippen LogP contribution in [0.25, 0.3) is 11.0 Å². The van der Waals surface area contributed by atoms with Crippen LogP contribution in [0.3, 0.4) is 0 Å². The Balaban J connectivity index is 1.68. The molecule has 0 saturated carbocycles. The fourth-order valence-corrected chi connectivity index (χ4v) is 3.85. The first kappa shape index (κ1) is 22.1. The van der Waals surface area contributed by atoms with E-state index in [2.05, 4.69) is 11.9 Å². The van der Waals surface area contributed by atoms with Crippen LogP contribution in [0.4, 0.5) is 0 Å². The Kier molecular flexibility index (Phi) is 6.66. The molecule has 162 valence electrons. The maximum atomic E-state index is 12.5. The number of ether oxygens (including phenoxy) is 2. The normalized spacial score (nSPS) is 18.2. The van der Waals surface area contributed by atoms with E-state index in [9.17, 15) is 9.59 Å². The second-order valence-electron chi connectivity index (χ2n) is 8.76. The van der Waals surface area contributed by atoms with Crippen molar-refractivity contribution in [2.24, 2.45) is 0 Å². The summed E-state index contributed by atoms with van der Waals surface area (Å²) in [6.07, 6.45) is 2.18. The minimum absolute atomic E-state index is 0.0554. The summed E-state index contributed by atoms with van der Waals surface area (Å²) in [5, 5.41) is 3.92. The van der Waals surface area contributed by atoms with Gasteiger partial charge in [0.05, 0.1) is 5.60 Å². The zero-order valence-electron chi connectivity index (χ0n) is 18.3. The van der Waals surface area contributed by atoms with E-state index in [1.807, 2.05) is 39.8 Å². The third kappa shape index (κ3) is 5.51. The molecule has 0 spiro atoms. The molecule has 1 aliphatic heterocycles. The Labute approximate surface area is 177 Å². The van der Waals surface area contributed by atoms with Gasteiger partial charge in [-0.1, -0.05) is 6.58 Å². The van der Waals surface area contributed by atoms with Crippen molar-refractivity contribution in [3.8, 4) is 5.75 Å². The molecule has 1 aromatic heterocycles. The molecule has 1 unspecified atom stereocenters. The van der Waals surface area contributed by atoms with Gasteiger partial charge in [-0.2, -0.15) is 0 Å². The fourth-order valence-electron chi connectivity index (χ4n) is 3.85. The molecule has 6 heteroatoms. The second kappa shape index (κ2) is 9.04. The van der Waals surface area contributed by atoms with E-state index in [4.69, 9.17) is 13.9 Å². The SMILES string of the molecule is C=C(C)COc1ccc2c(C)c(CCC(=O)NC3CCOC(C)(C)C3)c(=O)oc2c1. The van der Waals surface area contributed by atoms with E-state index in [0.29, 0.717) is 36.5 Å². The van der Waals surface area contributed by atoms with Crippen LogP contribution in [0, 0.1) is 6.92 Å². The highest BCUT2D eigenvalue weighted by Gasteiger charge is 2.29. The first-order valence-electron chi connectivity index (χ1n) is 10.4. The van der Waals surface area contributed by atoms with Gasteiger partial charge in [0, 0.05) is 36.1 Å². The van der Waals surface area contributed by atoms with Crippen LogP contribution in [0.15, 0.2) is 39.6 Å². The molecule has 1 aromatic carbocycles. The van der Waals surface area contributed by atoms with E-state index in [1.165, 1.54) is 0 Å². The number of fused-ring (bicyclic) bond motifs is 1. The maximum Gasteiger partial charge on any atom is 0.339 e. The van der Waals surface area contributed by atoms with Crippen molar-refractivity contribution < 1.29 is 18.7 Å². The standard InChI is InChI=1S/C24H31NO5/c1-15(2)14-28-18-6-7-19-16(3)20(23(27)30-21(19)12-18)8-9-22(26)25-17-10-11-29-24(4,5)13-17/h6-7,12,17H,1,8-11,13-14H2,2-5H3,(H,25,26). The topological polar surface area (TPSA) is 77.8 Å². The summed E-state index contributed by atoms with van der Waals surface area (Å²) in [4.78, 5) is 25.0. The summed E-state index contributed by atoms with van der Waals surface area (Å²) in [5.41, 5.74) is 2.14. The number of hydrogen-bond acceptors (Lipinski definition) is 5. The molecule has 2 aromatic rings. The molecule has 0 aliphatic carbocycles. The molecule has 1 atom stereocenters. The van der Waals surface area contributed by atoms with Crippen molar-refractivity contribution in [2.75, 3.05) is 13.2 Å². The summed E-state index contributed by atoms with van der Waals surface area (Å²) in [6, 6.07) is 5.56. The molecule has 30 heavy (non-hydrogen) atoms. The molecular formula is C24H31NO5. The number of rotatable bonds is 7. The summed E-state index contributed by atoms with van der Waals surface area (Å²) >= 11 is 0. The van der Waals surface area contributed by atoms with Crippen LogP contribution in [0.5, 0.6) is 5.75 Å². The van der Waals surface area contributed by atoms with E-state index in [0.717, 1.165) is 29.4 Å². The molecule has 3 rings (SSSR count). The van der Waals surface area contributed by atoms with Gasteiger partial charge in [0.15, 0.2) is 0 Å². The number of hydrogen-bond donors (Lipinski definition) is 1. The van der Waals surface area contributed by atoms with Gasteiger partial charge >= 0.3 is 5.63 Å². The first-order valence-corrected chi connectivity index (χ1v) is 10.4. The van der Waals surface area contributed by atoms with Crippen LogP contribution < -0.4 is 15.7 Å². The third-order valence-electron chi connectivity index (χ3n) is 5.41. The van der Waals surface area contributed by atoms with Crippen molar-refractivity contribution in [1.29, 1.82) is 0 Å². The Morgan fingerprint density at radius 3 is 2.83 bits per heavy atom. The molecule has 6 nitrogen and oxygen atoms in total. The van der Waals surface area contributed by atoms with Crippen LogP contribution in [0.1, 0.15) is 51.2 Å². The molecule has 0 bridgehead atoms. The van der Waals surface area contributed by atoms with Crippen molar-refractivity contribution in [2.45, 2.75) is 65.0 Å². The Bertz CT molecular complexity index is 1000. The smallest absolute Gasteiger partial charge is 0.339 e. The van der Waals surface area contributed by atoms with Crippen LogP contribution in [0.2, 0.25) is 0 Å². The second-order valence-corrected chi connectivity index (χ2v) is 8.76. The van der Waals surface area contributed by atoms with Crippen LogP contribution in [-0.2, 0) is 16.0 Å². The molecule has 2 heterocycles. The number of carbonyl (C=O) groups is 1. The van der Waals surface area contributed by atoms with E-state index >= 15 is 0 Å². The lowest BCUT2D eigenvalue weighted by molar-refractivity contribution is -0.124. The minimum Gasteiger partial charge on any atom is -0.489 e. The van der Waals surface area contributed by atoms with Gasteiger partial charge in [0.1, 0.15) is 17.9 Å². The molecule has 1 amide bonds. The highest BCUT2D eigenvalue weighted by atomic mass is 16.5. The van der Waals surface area contributed by atoms with Crippen LogP contribution >= 0.6 is 0 Å². The zero-order valence-corrected chi connectivity index (χ0v) is 18.3. The van der Waals surface area contributed by atoms with E-state index in [1.54, 1.807) is 6.07 Å².